The maximum Gasteiger partial charge on any atom is 0.270 e. The van der Waals surface area contributed by atoms with Gasteiger partial charge in [0, 0.05) is 4.47 Å². The maximum atomic E-state index is 12.8. The van der Waals surface area contributed by atoms with E-state index in [4.69, 9.17) is 28.6 Å². The molecular weight excluding hydrogens is 458 g/mol. The van der Waals surface area contributed by atoms with Crippen molar-refractivity contribution in [3.8, 4) is 11.5 Å². The van der Waals surface area contributed by atoms with Crippen LogP contribution in [0, 0.1) is 0 Å². The van der Waals surface area contributed by atoms with Crippen molar-refractivity contribution >= 4 is 73.5 Å². The summed E-state index contributed by atoms with van der Waals surface area (Å²) < 4.78 is 6.69. The Kier molecular flexibility index (Phi) is 5.92. The number of benzene rings is 2. The van der Waals surface area contributed by atoms with E-state index >= 15 is 0 Å². The molecule has 0 radical (unpaired) electrons. The van der Waals surface area contributed by atoms with E-state index in [1.54, 1.807) is 18.2 Å². The van der Waals surface area contributed by atoms with Crippen LogP contribution in [0.2, 0.25) is 5.02 Å². The zero-order valence-corrected chi connectivity index (χ0v) is 17.5. The fraction of sp³-hybridized carbons (Fsp3) is 0.111. The van der Waals surface area contributed by atoms with E-state index in [2.05, 4.69) is 15.9 Å². The zero-order chi connectivity index (χ0) is 18.8. The van der Waals surface area contributed by atoms with Crippen molar-refractivity contribution < 1.29 is 14.6 Å². The van der Waals surface area contributed by atoms with Crippen molar-refractivity contribution in [2.45, 2.75) is 6.92 Å². The van der Waals surface area contributed by atoms with Crippen LogP contribution >= 0.6 is 51.5 Å². The monoisotopic (exact) mass is 469 g/mol. The molecule has 2 aromatic rings. The van der Waals surface area contributed by atoms with E-state index in [0.29, 0.717) is 27.1 Å². The summed E-state index contributed by atoms with van der Waals surface area (Å²) in [5, 5.41) is 10.1. The smallest absolute Gasteiger partial charge is 0.270 e. The van der Waals surface area contributed by atoms with Crippen LogP contribution in [0.25, 0.3) is 6.08 Å². The molecule has 0 aliphatic carbocycles. The van der Waals surface area contributed by atoms with Gasteiger partial charge in [0.2, 0.25) is 0 Å². The first-order valence-corrected chi connectivity index (χ1v) is 9.99. The van der Waals surface area contributed by atoms with Crippen molar-refractivity contribution in [2.24, 2.45) is 0 Å². The number of hydrogen-bond donors (Lipinski definition) is 1. The summed E-state index contributed by atoms with van der Waals surface area (Å²) in [6.07, 6.45) is 1.69. The number of hydrogen-bond acceptors (Lipinski definition) is 5. The van der Waals surface area contributed by atoms with Gasteiger partial charge in [-0.1, -0.05) is 57.6 Å². The summed E-state index contributed by atoms with van der Waals surface area (Å²) in [5.41, 5.74) is 1.34. The highest BCUT2D eigenvalue weighted by atomic mass is 79.9. The molecule has 1 aliphatic rings. The van der Waals surface area contributed by atoms with Gasteiger partial charge in [-0.2, -0.15) is 0 Å². The molecule has 0 aromatic heterocycles. The van der Waals surface area contributed by atoms with Gasteiger partial charge in [0.15, 0.2) is 15.8 Å². The number of anilines is 1. The van der Waals surface area contributed by atoms with Crippen molar-refractivity contribution in [1.82, 2.24) is 0 Å². The molecule has 1 fully saturated rings. The minimum absolute atomic E-state index is 0.118. The topological polar surface area (TPSA) is 49.8 Å². The summed E-state index contributed by atoms with van der Waals surface area (Å²) in [7, 11) is 0. The Bertz CT molecular complexity index is 933. The molecule has 0 atom stereocenters. The highest BCUT2D eigenvalue weighted by Crippen LogP contribution is 2.39. The highest BCUT2D eigenvalue weighted by Gasteiger charge is 2.33. The van der Waals surface area contributed by atoms with E-state index in [9.17, 15) is 9.90 Å². The molecule has 4 nitrogen and oxygen atoms in total. The van der Waals surface area contributed by atoms with Crippen molar-refractivity contribution in [3.05, 3.63) is 56.4 Å². The SMILES string of the molecule is CCOc1cc(/C=C2\SC(=S)N(c3cccc(Br)c3)C2=O)cc(Cl)c1O. The average molecular weight is 471 g/mol. The summed E-state index contributed by atoms with van der Waals surface area (Å²) >= 11 is 16.0. The van der Waals surface area contributed by atoms with Crippen LogP contribution in [0.5, 0.6) is 11.5 Å². The molecule has 3 rings (SSSR count). The number of amides is 1. The van der Waals surface area contributed by atoms with E-state index in [0.717, 1.165) is 4.47 Å². The fourth-order valence-electron chi connectivity index (χ4n) is 2.40. The molecule has 1 aliphatic heterocycles. The van der Waals surface area contributed by atoms with Crippen molar-refractivity contribution in [2.75, 3.05) is 11.5 Å². The summed E-state index contributed by atoms with van der Waals surface area (Å²) in [4.78, 5) is 14.8. The number of nitrogens with zero attached hydrogens (tertiary/aromatic N) is 1. The predicted molar refractivity (Wildman–Crippen MR) is 114 cm³/mol. The first kappa shape index (κ1) is 19.2. The van der Waals surface area contributed by atoms with Gasteiger partial charge in [0.25, 0.3) is 5.91 Å². The van der Waals surface area contributed by atoms with E-state index in [1.165, 1.54) is 16.7 Å². The fourth-order valence-corrected chi connectivity index (χ4v) is 4.30. The lowest BCUT2D eigenvalue weighted by Crippen LogP contribution is -2.27. The van der Waals surface area contributed by atoms with Gasteiger partial charge >= 0.3 is 0 Å². The van der Waals surface area contributed by atoms with E-state index in [-0.39, 0.29) is 22.4 Å². The number of thiocarbonyl (C=S) groups is 1. The molecule has 1 saturated heterocycles. The second-order valence-corrected chi connectivity index (χ2v) is 8.28. The van der Waals surface area contributed by atoms with Gasteiger partial charge in [-0.25, -0.2) is 0 Å². The normalized spacial score (nSPS) is 15.8. The van der Waals surface area contributed by atoms with E-state index < -0.39 is 0 Å². The number of aromatic hydroxyl groups is 1. The first-order valence-electron chi connectivity index (χ1n) is 7.59. The summed E-state index contributed by atoms with van der Waals surface area (Å²) in [6, 6.07) is 10.6. The average Bonchev–Trinajstić information content (AvgIpc) is 2.86. The maximum absolute atomic E-state index is 12.8. The highest BCUT2D eigenvalue weighted by molar-refractivity contribution is 9.10. The number of thioether (sulfide) groups is 1. The Labute approximate surface area is 173 Å². The Hall–Kier alpha value is -1.54. The molecular formula is C18H13BrClNO3S2. The molecule has 134 valence electrons. The minimum Gasteiger partial charge on any atom is -0.503 e. The standard InChI is InChI=1S/C18H13BrClNO3S2/c1-2-24-14-7-10(6-13(20)16(14)22)8-15-17(23)21(18(25)26-15)12-5-3-4-11(19)9-12/h3-9,22H,2H2,1H3/b15-8-. The number of carbonyl (C=O) groups is 1. The van der Waals surface area contributed by atoms with Crippen LogP contribution in [-0.4, -0.2) is 21.9 Å². The van der Waals surface area contributed by atoms with Crippen LogP contribution < -0.4 is 9.64 Å². The number of rotatable bonds is 4. The number of phenols is 1. The number of halogens is 2. The molecule has 1 heterocycles. The number of carbonyl (C=O) groups excluding carboxylic acids is 1. The summed E-state index contributed by atoms with van der Waals surface area (Å²) in [5.74, 6) is -0.0543. The minimum atomic E-state index is -0.208. The second kappa shape index (κ2) is 8.00. The molecule has 0 spiro atoms. The molecule has 1 amide bonds. The zero-order valence-electron chi connectivity index (χ0n) is 13.5. The lowest BCUT2D eigenvalue weighted by atomic mass is 10.1. The second-order valence-electron chi connectivity index (χ2n) is 5.28. The lowest BCUT2D eigenvalue weighted by molar-refractivity contribution is -0.113. The Balaban J connectivity index is 1.96. The third-order valence-electron chi connectivity index (χ3n) is 3.51. The van der Waals surface area contributed by atoms with Crippen LogP contribution in [0.15, 0.2) is 45.8 Å². The predicted octanol–water partition coefficient (Wildman–Crippen LogP) is 5.61. The molecule has 1 N–H and O–H groups in total. The quantitative estimate of drug-likeness (QED) is 0.465. The molecule has 2 aromatic carbocycles. The van der Waals surface area contributed by atoms with Gasteiger partial charge in [0.1, 0.15) is 0 Å². The van der Waals surface area contributed by atoms with Crippen molar-refractivity contribution in [1.29, 1.82) is 0 Å². The number of phenolic OH excluding ortho intramolecular Hbond substituents is 1. The van der Waals surface area contributed by atoms with Crippen LogP contribution in [-0.2, 0) is 4.79 Å². The van der Waals surface area contributed by atoms with Gasteiger partial charge in [-0.3, -0.25) is 9.69 Å². The summed E-state index contributed by atoms with van der Waals surface area (Å²) in [6.45, 7) is 2.20. The van der Waals surface area contributed by atoms with Gasteiger partial charge in [0.05, 0.1) is 22.2 Å². The van der Waals surface area contributed by atoms with Crippen molar-refractivity contribution in [3.63, 3.8) is 0 Å². The molecule has 0 unspecified atom stereocenters. The van der Waals surface area contributed by atoms with Gasteiger partial charge in [-0.15, -0.1) is 0 Å². The van der Waals surface area contributed by atoms with Crippen LogP contribution in [0.3, 0.4) is 0 Å². The third kappa shape index (κ3) is 3.91. The Morgan fingerprint density at radius 1 is 1.38 bits per heavy atom. The van der Waals surface area contributed by atoms with Gasteiger partial charge < -0.3 is 9.84 Å². The van der Waals surface area contributed by atoms with Gasteiger partial charge in [-0.05, 0) is 48.9 Å². The Morgan fingerprint density at radius 2 is 2.15 bits per heavy atom. The molecule has 26 heavy (non-hydrogen) atoms. The molecule has 0 bridgehead atoms. The molecule has 0 saturated carbocycles. The van der Waals surface area contributed by atoms with E-state index in [1.807, 2.05) is 31.2 Å². The van der Waals surface area contributed by atoms with Crippen LogP contribution in [0.4, 0.5) is 5.69 Å². The number of ether oxygens (including phenoxy) is 1. The Morgan fingerprint density at radius 3 is 2.85 bits per heavy atom. The van der Waals surface area contributed by atoms with Crippen LogP contribution in [0.1, 0.15) is 12.5 Å². The molecule has 8 heteroatoms. The third-order valence-corrected chi connectivity index (χ3v) is 5.59. The largest absolute Gasteiger partial charge is 0.503 e. The first-order chi connectivity index (χ1) is 12.4. The lowest BCUT2D eigenvalue weighted by Gasteiger charge is -2.14.